The second-order valence-corrected chi connectivity index (χ2v) is 6.24. The van der Waals surface area contributed by atoms with Crippen LogP contribution in [-0.4, -0.2) is 42.2 Å². The van der Waals surface area contributed by atoms with Crippen molar-refractivity contribution < 1.29 is 24.5 Å². The first-order valence-corrected chi connectivity index (χ1v) is 9.12. The first kappa shape index (κ1) is 20.7. The van der Waals surface area contributed by atoms with Gasteiger partial charge in [-0.2, -0.15) is 0 Å². The molecule has 146 valence electrons. The number of benzene rings is 2. The van der Waals surface area contributed by atoms with E-state index >= 15 is 0 Å². The molecule has 2 rings (SSSR count). The predicted octanol–water partition coefficient (Wildman–Crippen LogP) is 2.67. The van der Waals surface area contributed by atoms with Crippen molar-refractivity contribution in [1.29, 1.82) is 0 Å². The van der Waals surface area contributed by atoms with E-state index in [2.05, 4.69) is 5.32 Å². The minimum atomic E-state index is -0.864. The molecule has 2 aromatic rings. The fourth-order valence-corrected chi connectivity index (χ4v) is 2.42. The fraction of sp³-hybridized carbons (Fsp3) is 0.381. The smallest absolute Gasteiger partial charge is 0.407 e. The average molecular weight is 373 g/mol. The van der Waals surface area contributed by atoms with E-state index in [4.69, 9.17) is 14.6 Å². The summed E-state index contributed by atoms with van der Waals surface area (Å²) in [6.07, 6.45) is 1.45. The van der Waals surface area contributed by atoms with E-state index in [-0.39, 0.29) is 19.8 Å². The summed E-state index contributed by atoms with van der Waals surface area (Å²) in [6, 6.07) is 17.2. The Morgan fingerprint density at radius 3 is 2.44 bits per heavy atom. The number of carbonyl (C=O) groups excluding carboxylic acids is 1. The van der Waals surface area contributed by atoms with Gasteiger partial charge < -0.3 is 25.0 Å². The lowest BCUT2D eigenvalue weighted by Gasteiger charge is -2.10. The van der Waals surface area contributed by atoms with Crippen molar-refractivity contribution in [2.24, 2.45) is 0 Å². The summed E-state index contributed by atoms with van der Waals surface area (Å²) >= 11 is 0. The number of nitrogens with one attached hydrogen (secondary N) is 1. The fourth-order valence-electron chi connectivity index (χ4n) is 2.42. The number of ether oxygens (including phenoxy) is 2. The maximum absolute atomic E-state index is 11.6. The van der Waals surface area contributed by atoms with E-state index in [9.17, 15) is 9.90 Å². The molecule has 0 aliphatic rings. The van der Waals surface area contributed by atoms with Crippen LogP contribution in [-0.2, 0) is 17.8 Å². The van der Waals surface area contributed by atoms with Gasteiger partial charge in [0.1, 0.15) is 25.1 Å². The highest BCUT2D eigenvalue weighted by molar-refractivity contribution is 5.67. The molecule has 6 heteroatoms. The highest BCUT2D eigenvalue weighted by Crippen LogP contribution is 2.14. The number of aliphatic hydroxyl groups is 2. The molecular weight excluding hydrogens is 346 g/mol. The number of carbonyl (C=O) groups is 1. The number of hydrogen-bond donors (Lipinski definition) is 3. The normalized spacial score (nSPS) is 11.6. The van der Waals surface area contributed by atoms with Gasteiger partial charge in [-0.3, -0.25) is 0 Å². The number of alkyl carbamates (subject to hydrolysis) is 1. The Hall–Kier alpha value is -2.57. The summed E-state index contributed by atoms with van der Waals surface area (Å²) in [7, 11) is 0. The Morgan fingerprint density at radius 1 is 1.00 bits per heavy atom. The van der Waals surface area contributed by atoms with E-state index in [1.807, 2.05) is 54.6 Å². The van der Waals surface area contributed by atoms with Gasteiger partial charge in [-0.15, -0.1) is 0 Å². The van der Waals surface area contributed by atoms with Crippen LogP contribution in [0.15, 0.2) is 54.6 Å². The lowest BCUT2D eigenvalue weighted by molar-refractivity contribution is 0.0536. The molecule has 27 heavy (non-hydrogen) atoms. The van der Waals surface area contributed by atoms with Crippen molar-refractivity contribution in [3.63, 3.8) is 0 Å². The van der Waals surface area contributed by atoms with Crippen molar-refractivity contribution in [2.75, 3.05) is 19.8 Å². The van der Waals surface area contributed by atoms with Crippen LogP contribution in [0.1, 0.15) is 24.0 Å². The third-order valence-electron chi connectivity index (χ3n) is 3.95. The molecule has 0 heterocycles. The summed E-state index contributed by atoms with van der Waals surface area (Å²) in [4.78, 5) is 11.6. The Morgan fingerprint density at radius 2 is 1.74 bits per heavy atom. The Labute approximate surface area is 159 Å². The van der Waals surface area contributed by atoms with E-state index < -0.39 is 12.2 Å². The predicted molar refractivity (Wildman–Crippen MR) is 103 cm³/mol. The van der Waals surface area contributed by atoms with Crippen LogP contribution >= 0.6 is 0 Å². The zero-order valence-corrected chi connectivity index (χ0v) is 15.3. The molecule has 0 fully saturated rings. The number of aryl methyl sites for hydroxylation is 1. The first-order valence-electron chi connectivity index (χ1n) is 9.12. The quantitative estimate of drug-likeness (QED) is 0.527. The van der Waals surface area contributed by atoms with Crippen molar-refractivity contribution in [3.05, 3.63) is 65.7 Å². The van der Waals surface area contributed by atoms with Crippen LogP contribution in [0.4, 0.5) is 4.79 Å². The maximum Gasteiger partial charge on any atom is 0.407 e. The maximum atomic E-state index is 11.6. The van der Waals surface area contributed by atoms with Crippen LogP contribution in [0.3, 0.4) is 0 Å². The Bertz CT molecular complexity index is 660. The summed E-state index contributed by atoms with van der Waals surface area (Å²) in [6.45, 7) is 0.609. The molecule has 6 nitrogen and oxygen atoms in total. The van der Waals surface area contributed by atoms with E-state index in [0.29, 0.717) is 12.3 Å². The molecule has 3 N–H and O–H groups in total. The molecule has 0 aromatic heterocycles. The van der Waals surface area contributed by atoms with Crippen molar-refractivity contribution in [2.45, 2.75) is 32.0 Å². The van der Waals surface area contributed by atoms with Gasteiger partial charge in [-0.1, -0.05) is 42.5 Å². The van der Waals surface area contributed by atoms with E-state index in [0.717, 1.165) is 24.8 Å². The molecule has 0 unspecified atom stereocenters. The molecule has 2 aromatic carbocycles. The van der Waals surface area contributed by atoms with Crippen LogP contribution in [0.25, 0.3) is 0 Å². The number of amides is 1. The van der Waals surface area contributed by atoms with Gasteiger partial charge in [-0.05, 0) is 42.5 Å². The first-order chi connectivity index (χ1) is 13.2. The van der Waals surface area contributed by atoms with Crippen molar-refractivity contribution in [3.8, 4) is 5.75 Å². The molecule has 0 saturated heterocycles. The van der Waals surface area contributed by atoms with Crippen LogP contribution in [0, 0.1) is 0 Å². The largest absolute Gasteiger partial charge is 0.491 e. The lowest BCUT2D eigenvalue weighted by Crippen LogP contribution is -2.25. The molecule has 1 atom stereocenters. The van der Waals surface area contributed by atoms with Gasteiger partial charge in [-0.25, -0.2) is 4.79 Å². The van der Waals surface area contributed by atoms with Crippen LogP contribution < -0.4 is 10.1 Å². The van der Waals surface area contributed by atoms with Crippen LogP contribution in [0.2, 0.25) is 0 Å². The number of rotatable bonds is 11. The Kier molecular flexibility index (Phi) is 9.17. The number of aliphatic hydroxyl groups excluding tert-OH is 2. The molecule has 0 radical (unpaired) electrons. The van der Waals surface area contributed by atoms with Gasteiger partial charge in [0.05, 0.1) is 6.61 Å². The van der Waals surface area contributed by atoms with E-state index in [1.165, 1.54) is 5.56 Å². The molecule has 0 saturated carbocycles. The van der Waals surface area contributed by atoms with Crippen molar-refractivity contribution >= 4 is 6.09 Å². The van der Waals surface area contributed by atoms with Gasteiger partial charge >= 0.3 is 6.09 Å². The third kappa shape index (κ3) is 8.57. The molecule has 0 spiro atoms. The van der Waals surface area contributed by atoms with Crippen molar-refractivity contribution in [1.82, 2.24) is 5.32 Å². The second kappa shape index (κ2) is 11.9. The minimum Gasteiger partial charge on any atom is -0.491 e. The molecular formula is C21H27NO5. The standard InChI is InChI=1S/C21H27NO5/c23-14-19(24)16-26-20-11-9-17(10-12-20)6-4-5-13-22-21(25)27-15-18-7-2-1-3-8-18/h1-3,7-12,19,23-24H,4-6,13-16H2,(H,22,25)/t19-/m0/s1. The lowest BCUT2D eigenvalue weighted by atomic mass is 10.1. The van der Waals surface area contributed by atoms with Gasteiger partial charge in [0.25, 0.3) is 0 Å². The zero-order chi connectivity index (χ0) is 19.3. The highest BCUT2D eigenvalue weighted by Gasteiger charge is 2.04. The monoisotopic (exact) mass is 373 g/mol. The summed E-state index contributed by atoms with van der Waals surface area (Å²) in [5, 5.41) is 20.8. The van der Waals surface area contributed by atoms with Crippen LogP contribution in [0.5, 0.6) is 5.75 Å². The number of unbranched alkanes of at least 4 members (excludes halogenated alkanes) is 1. The minimum absolute atomic E-state index is 0.0713. The summed E-state index contributed by atoms with van der Waals surface area (Å²) < 4.78 is 10.5. The molecule has 0 aliphatic carbocycles. The summed E-state index contributed by atoms with van der Waals surface area (Å²) in [5.41, 5.74) is 2.14. The number of hydrogen-bond acceptors (Lipinski definition) is 5. The highest BCUT2D eigenvalue weighted by atomic mass is 16.5. The molecule has 1 amide bonds. The average Bonchev–Trinajstić information content (AvgIpc) is 2.71. The molecule has 0 aliphatic heterocycles. The van der Waals surface area contributed by atoms with Gasteiger partial charge in [0.15, 0.2) is 0 Å². The van der Waals surface area contributed by atoms with Gasteiger partial charge in [0.2, 0.25) is 0 Å². The second-order valence-electron chi connectivity index (χ2n) is 6.24. The van der Waals surface area contributed by atoms with Gasteiger partial charge in [0, 0.05) is 6.54 Å². The van der Waals surface area contributed by atoms with E-state index in [1.54, 1.807) is 0 Å². The summed E-state index contributed by atoms with van der Waals surface area (Å²) in [5.74, 6) is 0.661. The SMILES string of the molecule is O=C(NCCCCc1ccc(OC[C@@H](O)CO)cc1)OCc1ccccc1. The zero-order valence-electron chi connectivity index (χ0n) is 15.3. The Balaban J connectivity index is 1.55. The topological polar surface area (TPSA) is 88.0 Å². The molecule has 0 bridgehead atoms. The third-order valence-corrected chi connectivity index (χ3v) is 3.95.